The van der Waals surface area contributed by atoms with Crippen LogP contribution < -0.4 is 0 Å². The minimum Gasteiger partial charge on any atom is -0.338 e. The third kappa shape index (κ3) is 3.42. The van der Waals surface area contributed by atoms with Gasteiger partial charge in [0.1, 0.15) is 0 Å². The van der Waals surface area contributed by atoms with E-state index in [1.165, 1.54) is 6.20 Å². The summed E-state index contributed by atoms with van der Waals surface area (Å²) in [5.74, 6) is -0.180. The van der Waals surface area contributed by atoms with Gasteiger partial charge in [-0.15, -0.1) is 0 Å². The Kier molecular flexibility index (Phi) is 4.43. The standard InChI is InChI=1S/C17H18N2O3S/c20-17(15-7-4-9-18-13-15)19-10-8-16(23(21,22)12-11-19)14-5-2-1-3-6-14/h1-7,9,13,16H,8,10-12H2. The van der Waals surface area contributed by atoms with E-state index in [1.54, 1.807) is 23.2 Å². The number of benzene rings is 1. The highest BCUT2D eigenvalue weighted by Crippen LogP contribution is 2.29. The van der Waals surface area contributed by atoms with E-state index in [-0.39, 0.29) is 18.2 Å². The molecule has 1 saturated heterocycles. The van der Waals surface area contributed by atoms with Crippen LogP contribution in [0, 0.1) is 0 Å². The fourth-order valence-electron chi connectivity index (χ4n) is 2.86. The van der Waals surface area contributed by atoms with Gasteiger partial charge < -0.3 is 4.90 Å². The lowest BCUT2D eigenvalue weighted by Gasteiger charge is -2.19. The summed E-state index contributed by atoms with van der Waals surface area (Å²) >= 11 is 0. The van der Waals surface area contributed by atoms with Crippen LogP contribution in [-0.4, -0.2) is 43.1 Å². The molecule has 1 aliphatic rings. The molecule has 1 atom stereocenters. The van der Waals surface area contributed by atoms with E-state index in [9.17, 15) is 13.2 Å². The molecule has 1 aromatic heterocycles. The number of rotatable bonds is 2. The topological polar surface area (TPSA) is 67.3 Å². The molecule has 1 fully saturated rings. The second-order valence-electron chi connectivity index (χ2n) is 5.59. The number of aromatic nitrogens is 1. The van der Waals surface area contributed by atoms with Crippen LogP contribution in [0.5, 0.6) is 0 Å². The van der Waals surface area contributed by atoms with Crippen LogP contribution in [0.4, 0.5) is 0 Å². The van der Waals surface area contributed by atoms with Crippen molar-refractivity contribution in [2.24, 2.45) is 0 Å². The Labute approximate surface area is 135 Å². The first kappa shape index (κ1) is 15.7. The molecule has 0 bridgehead atoms. The quantitative estimate of drug-likeness (QED) is 0.845. The van der Waals surface area contributed by atoms with E-state index < -0.39 is 15.1 Å². The molecule has 0 aliphatic carbocycles. The van der Waals surface area contributed by atoms with Gasteiger partial charge in [-0.3, -0.25) is 9.78 Å². The summed E-state index contributed by atoms with van der Waals surface area (Å²) in [4.78, 5) is 18.1. The Balaban J connectivity index is 1.82. The zero-order valence-corrected chi connectivity index (χ0v) is 13.4. The Hall–Kier alpha value is -2.21. The number of carbonyl (C=O) groups excluding carboxylic acids is 1. The number of carbonyl (C=O) groups is 1. The van der Waals surface area contributed by atoms with Crippen LogP contribution in [0.1, 0.15) is 27.6 Å². The first-order chi connectivity index (χ1) is 11.1. The summed E-state index contributed by atoms with van der Waals surface area (Å²) in [5.41, 5.74) is 1.28. The number of sulfone groups is 1. The van der Waals surface area contributed by atoms with Gasteiger partial charge in [-0.25, -0.2) is 8.42 Å². The maximum absolute atomic E-state index is 12.6. The van der Waals surface area contributed by atoms with Crippen LogP contribution in [0.15, 0.2) is 54.9 Å². The molecule has 2 heterocycles. The van der Waals surface area contributed by atoms with Gasteiger partial charge in [0.05, 0.1) is 16.6 Å². The van der Waals surface area contributed by atoms with Crippen molar-refractivity contribution in [2.45, 2.75) is 11.7 Å². The Bertz CT molecular complexity index is 776. The molecule has 0 saturated carbocycles. The lowest BCUT2D eigenvalue weighted by molar-refractivity contribution is 0.0766. The molecule has 5 nitrogen and oxygen atoms in total. The number of hydrogen-bond donors (Lipinski definition) is 0. The summed E-state index contributed by atoms with van der Waals surface area (Å²) in [6.07, 6.45) is 3.53. The number of pyridine rings is 1. The molecule has 0 spiro atoms. The van der Waals surface area contributed by atoms with E-state index in [1.807, 2.05) is 30.3 Å². The second kappa shape index (κ2) is 6.50. The molecule has 1 aliphatic heterocycles. The zero-order chi connectivity index (χ0) is 16.3. The van der Waals surface area contributed by atoms with Crippen molar-refractivity contribution in [1.29, 1.82) is 0 Å². The maximum atomic E-state index is 12.6. The molecule has 0 radical (unpaired) electrons. The van der Waals surface area contributed by atoms with Gasteiger partial charge in [0.2, 0.25) is 0 Å². The summed E-state index contributed by atoms with van der Waals surface area (Å²) in [7, 11) is -3.27. The number of hydrogen-bond acceptors (Lipinski definition) is 4. The van der Waals surface area contributed by atoms with Gasteiger partial charge >= 0.3 is 0 Å². The zero-order valence-electron chi connectivity index (χ0n) is 12.6. The Morgan fingerprint density at radius 2 is 1.87 bits per heavy atom. The minimum atomic E-state index is -3.27. The third-order valence-corrected chi connectivity index (χ3v) is 6.23. The smallest absolute Gasteiger partial charge is 0.255 e. The van der Waals surface area contributed by atoms with Gasteiger partial charge in [-0.1, -0.05) is 30.3 Å². The lowest BCUT2D eigenvalue weighted by atomic mass is 10.1. The molecule has 1 aromatic carbocycles. The molecule has 2 aromatic rings. The monoisotopic (exact) mass is 330 g/mol. The van der Waals surface area contributed by atoms with Crippen molar-refractivity contribution in [3.8, 4) is 0 Å². The van der Waals surface area contributed by atoms with Gasteiger partial charge in [-0.2, -0.15) is 0 Å². The molecule has 0 N–H and O–H groups in total. The maximum Gasteiger partial charge on any atom is 0.255 e. The fraction of sp³-hybridized carbons (Fsp3) is 0.294. The van der Waals surface area contributed by atoms with Gasteiger partial charge in [0.15, 0.2) is 9.84 Å². The van der Waals surface area contributed by atoms with E-state index in [2.05, 4.69) is 4.98 Å². The van der Waals surface area contributed by atoms with E-state index >= 15 is 0 Å². The van der Waals surface area contributed by atoms with Gasteiger partial charge in [-0.05, 0) is 24.1 Å². The normalized spacial score (nSPS) is 20.7. The van der Waals surface area contributed by atoms with Crippen molar-refractivity contribution < 1.29 is 13.2 Å². The Morgan fingerprint density at radius 3 is 2.57 bits per heavy atom. The minimum absolute atomic E-state index is 0.0153. The van der Waals surface area contributed by atoms with E-state index in [0.29, 0.717) is 18.5 Å². The summed E-state index contributed by atoms with van der Waals surface area (Å²) in [5, 5.41) is -0.546. The highest BCUT2D eigenvalue weighted by Gasteiger charge is 2.32. The molecule has 1 amide bonds. The average Bonchev–Trinajstić information content (AvgIpc) is 2.74. The van der Waals surface area contributed by atoms with Crippen LogP contribution in [0.3, 0.4) is 0 Å². The van der Waals surface area contributed by atoms with Crippen molar-refractivity contribution in [2.75, 3.05) is 18.8 Å². The highest BCUT2D eigenvalue weighted by molar-refractivity contribution is 7.91. The number of amides is 1. The van der Waals surface area contributed by atoms with Crippen LogP contribution in [0.25, 0.3) is 0 Å². The first-order valence-electron chi connectivity index (χ1n) is 7.54. The van der Waals surface area contributed by atoms with Crippen molar-refractivity contribution in [3.63, 3.8) is 0 Å². The number of nitrogens with zero attached hydrogens (tertiary/aromatic N) is 2. The van der Waals surface area contributed by atoms with Crippen molar-refractivity contribution >= 4 is 15.7 Å². The van der Waals surface area contributed by atoms with Gasteiger partial charge in [0.25, 0.3) is 5.91 Å². The van der Waals surface area contributed by atoms with Gasteiger partial charge in [0, 0.05) is 25.5 Å². The fourth-order valence-corrected chi connectivity index (χ4v) is 4.66. The van der Waals surface area contributed by atoms with Crippen molar-refractivity contribution in [1.82, 2.24) is 9.88 Å². The summed E-state index contributed by atoms with van der Waals surface area (Å²) in [6, 6.07) is 12.6. The van der Waals surface area contributed by atoms with Crippen LogP contribution in [0.2, 0.25) is 0 Å². The summed E-state index contributed by atoms with van der Waals surface area (Å²) in [6.45, 7) is 0.645. The van der Waals surface area contributed by atoms with Crippen LogP contribution in [-0.2, 0) is 9.84 Å². The van der Waals surface area contributed by atoms with E-state index in [0.717, 1.165) is 5.56 Å². The largest absolute Gasteiger partial charge is 0.338 e. The van der Waals surface area contributed by atoms with Crippen molar-refractivity contribution in [3.05, 3.63) is 66.0 Å². The highest BCUT2D eigenvalue weighted by atomic mass is 32.2. The predicted octanol–water partition coefficient (Wildman–Crippen LogP) is 2.08. The Morgan fingerprint density at radius 1 is 1.09 bits per heavy atom. The molecule has 6 heteroatoms. The van der Waals surface area contributed by atoms with Crippen LogP contribution >= 0.6 is 0 Å². The first-order valence-corrected chi connectivity index (χ1v) is 9.25. The third-order valence-electron chi connectivity index (χ3n) is 4.11. The SMILES string of the molecule is O=C(c1cccnc1)N1CCC(c2ccccc2)S(=O)(=O)CC1. The average molecular weight is 330 g/mol. The lowest BCUT2D eigenvalue weighted by Crippen LogP contribution is -2.33. The molecular formula is C17H18N2O3S. The molecule has 120 valence electrons. The predicted molar refractivity (Wildman–Crippen MR) is 87.7 cm³/mol. The second-order valence-corrected chi connectivity index (χ2v) is 7.89. The molecule has 23 heavy (non-hydrogen) atoms. The summed E-state index contributed by atoms with van der Waals surface area (Å²) < 4.78 is 25.1. The molecular weight excluding hydrogens is 312 g/mol. The molecule has 1 unspecified atom stereocenters. The van der Waals surface area contributed by atoms with E-state index in [4.69, 9.17) is 0 Å². The molecule has 3 rings (SSSR count).